The summed E-state index contributed by atoms with van der Waals surface area (Å²) < 4.78 is 36.8. The normalized spacial score (nSPS) is 26.7. The van der Waals surface area contributed by atoms with E-state index in [-0.39, 0.29) is 75.5 Å². The van der Waals surface area contributed by atoms with Gasteiger partial charge in [0, 0.05) is 138 Å². The van der Waals surface area contributed by atoms with Gasteiger partial charge in [-0.15, -0.1) is 5.92 Å². The van der Waals surface area contributed by atoms with Crippen molar-refractivity contribution in [2.45, 2.75) is 198 Å². The standard InChI is InChI=1S/C54H57FN4O5.C45H53FN4O4/c1-3-23-53-24-22-46-43-19-15-37-32-39(60)18-20-40(37)51(43)45(33-54(46,53)64-53)36-13-16-38(17-14-36)57(2)25-8-4-5-11-50(62)58-26-28-59(29-27-58)52(63)44-30-35(12-21-47(44)55)31-48-41-9-6-7-10-42(41)49(61)34-56-48;1-28-12-18-38-36-16-14-30-26-32(51)15-17-33(30)42(36)31(27-45(28,38)2)8-4-3-5-11-41(52)49-20-22-50(23-21-49)44(54)37-24-29(13-19-39(37)46)25-40-34-9-6-7-10-35(34)43(53)48-47-40/h6-7,9-10,12-14,16-17,21,30,32,43,45-46H,4-5,8,11,15,18-20,22,24-29,31,33-34H2,1-2H3;6-7,9-10,13,19,24,26,28,31,36,38H,3-5,8,11-12,14-18,20-23,25,27H2,1-2H3,(H,48,53)/t43-,45+,46-,53-,54+;28-,31-,36-,38-,45+/m00/s1. The third kappa shape index (κ3) is 15.5. The summed E-state index contributed by atoms with van der Waals surface area (Å²) in [4.78, 5) is 117. The summed E-state index contributed by atoms with van der Waals surface area (Å²) in [7, 11) is 2.13. The van der Waals surface area contributed by atoms with Gasteiger partial charge in [-0.05, 0) is 244 Å². The van der Waals surface area contributed by atoms with Crippen molar-refractivity contribution in [1.29, 1.82) is 0 Å². The average Bonchev–Trinajstić information content (AvgIpc) is 1.48. The van der Waals surface area contributed by atoms with Gasteiger partial charge in [0.2, 0.25) is 11.8 Å². The molecule has 4 amide bonds. The molecule has 18 rings (SSSR count). The number of nitrogens with one attached hydrogen (secondary N) is 1. The molecule has 3 saturated heterocycles. The van der Waals surface area contributed by atoms with E-state index in [1.165, 1.54) is 77.8 Å². The maximum Gasteiger partial charge on any atom is 0.272 e. The summed E-state index contributed by atoms with van der Waals surface area (Å²) in [5, 5.41) is 8.03. The highest BCUT2D eigenvalue weighted by molar-refractivity contribution is 6.16. The van der Waals surface area contributed by atoms with Crippen LogP contribution in [-0.4, -0.2) is 160 Å². The number of epoxide rings is 1. The molecule has 614 valence electrons. The van der Waals surface area contributed by atoms with Crippen LogP contribution in [0.5, 0.6) is 0 Å². The van der Waals surface area contributed by atoms with E-state index in [0.717, 1.165) is 136 Å². The second kappa shape index (κ2) is 33.6. The molecule has 19 heteroatoms. The first-order chi connectivity index (χ1) is 57.2. The van der Waals surface area contributed by atoms with E-state index in [4.69, 9.17) is 4.74 Å². The maximum absolute atomic E-state index is 15.1. The van der Waals surface area contributed by atoms with Crippen LogP contribution in [0.15, 0.2) is 165 Å². The van der Waals surface area contributed by atoms with Crippen molar-refractivity contribution in [3.8, 4) is 11.8 Å². The van der Waals surface area contributed by atoms with Crippen molar-refractivity contribution in [2.75, 3.05) is 77.4 Å². The van der Waals surface area contributed by atoms with Crippen LogP contribution >= 0.6 is 0 Å². The zero-order valence-corrected chi connectivity index (χ0v) is 68.9. The molecule has 1 spiro atoms. The Hall–Kier alpha value is -10.1. The fraction of sp³-hybridized carbons (Fsp3) is 0.495. The molecule has 0 bridgehead atoms. The van der Waals surface area contributed by atoms with Gasteiger partial charge in [0.1, 0.15) is 23.8 Å². The van der Waals surface area contributed by atoms with Crippen LogP contribution in [0.2, 0.25) is 0 Å². The SMILES string of the molecule is CC#C[C@]12CC[C@H]3[C@@H]4CCC5=CC(=O)CCC5=C4[C@@H](c4ccc(N(C)CCCCCC(=O)N5CCN(C(=O)c6cc(CC7=NCC(=O)c8ccccc87)ccc6F)CC5)cc4)C[C@@]31O2.C[C@H]1CC[C@H]2[C@@H]3CCC4=CC(=O)CCC4=C3[C@@H](CCCCCC(=O)N3CCN(C(=O)c4cc(Cc5n[nH]c(=O)c6ccccc56)ccc4F)CC3)C[C@]12C. The second-order valence-corrected chi connectivity index (χ2v) is 36.0. The number of carbonyl (C=O) groups excluding carboxylic acids is 7. The quantitative estimate of drug-likeness (QED) is 0.0432. The number of aromatic nitrogens is 2. The maximum atomic E-state index is 15.1. The van der Waals surface area contributed by atoms with Gasteiger partial charge in [-0.25, -0.2) is 13.9 Å². The Balaban J connectivity index is 0.000000172. The molecule has 10 atom stereocenters. The summed E-state index contributed by atoms with van der Waals surface area (Å²) in [5.41, 5.74) is 15.4. The van der Waals surface area contributed by atoms with Gasteiger partial charge in [0.25, 0.3) is 17.4 Å². The van der Waals surface area contributed by atoms with Crippen LogP contribution in [0.4, 0.5) is 14.5 Å². The minimum Gasteiger partial charge on any atom is -0.375 e. The lowest BCUT2D eigenvalue weighted by molar-refractivity contribution is -0.133. The zero-order valence-electron chi connectivity index (χ0n) is 68.9. The number of Topliss-reactive ketones (excluding diaryl/α,β-unsaturated/α-hetero) is 1. The monoisotopic (exact) mass is 1590 g/mol. The molecule has 6 aromatic rings. The number of allylic oxidation sites excluding steroid dienone is 8. The van der Waals surface area contributed by atoms with E-state index in [1.807, 2.05) is 59.2 Å². The van der Waals surface area contributed by atoms with Crippen LogP contribution in [0.25, 0.3) is 10.8 Å². The van der Waals surface area contributed by atoms with Gasteiger partial charge in [0.15, 0.2) is 23.0 Å². The van der Waals surface area contributed by atoms with Crippen LogP contribution < -0.4 is 10.5 Å². The molecular weight excluding hydrogens is 1480 g/mol. The number of piperazine rings is 2. The molecule has 4 aliphatic heterocycles. The third-order valence-corrected chi connectivity index (χ3v) is 29.6. The van der Waals surface area contributed by atoms with Crippen molar-refractivity contribution in [1.82, 2.24) is 29.8 Å². The Kier molecular flexibility index (Phi) is 22.9. The summed E-state index contributed by atoms with van der Waals surface area (Å²) in [5.74, 6) is 9.57. The first-order valence-corrected chi connectivity index (χ1v) is 43.9. The molecule has 7 fully saturated rings. The molecule has 118 heavy (non-hydrogen) atoms. The number of aliphatic imine (C=N–C) groups is 1. The molecule has 12 aliphatic rings. The third-order valence-electron chi connectivity index (χ3n) is 29.6. The Labute approximate surface area is 691 Å². The molecular formula is C99H110F2N8O9. The number of amides is 4. The number of hydrogen-bond acceptors (Lipinski definition) is 12. The average molecular weight is 1590 g/mol. The molecule has 8 aliphatic carbocycles. The number of unbranched alkanes of at least 4 members (excludes halogenated alkanes) is 4. The molecule has 0 unspecified atom stereocenters. The topological polar surface area (TPSA) is 206 Å². The highest BCUT2D eigenvalue weighted by atomic mass is 19.1. The Morgan fingerprint density at radius 3 is 1.81 bits per heavy atom. The Morgan fingerprint density at radius 1 is 0.602 bits per heavy atom. The molecule has 1 aromatic heterocycles. The second-order valence-electron chi connectivity index (χ2n) is 36.0. The fourth-order valence-corrected chi connectivity index (χ4v) is 23.3. The molecule has 0 radical (unpaired) electrons. The number of aromatic amines is 1. The molecule has 1 N–H and O–H groups in total. The van der Waals surface area contributed by atoms with E-state index < -0.39 is 11.6 Å². The summed E-state index contributed by atoms with van der Waals surface area (Å²) in [6.07, 6.45) is 26.9. The lowest BCUT2D eigenvalue weighted by atomic mass is 9.52. The molecule has 17 nitrogen and oxygen atoms in total. The number of H-pyrrole nitrogens is 1. The van der Waals surface area contributed by atoms with Crippen molar-refractivity contribution in [3.63, 3.8) is 0 Å². The lowest BCUT2D eigenvalue weighted by Gasteiger charge is -2.52. The van der Waals surface area contributed by atoms with Crippen LogP contribution in [-0.2, 0) is 36.8 Å². The smallest absolute Gasteiger partial charge is 0.272 e. The van der Waals surface area contributed by atoms with Crippen molar-refractivity contribution >= 4 is 63.1 Å². The number of halogens is 2. The van der Waals surface area contributed by atoms with Crippen molar-refractivity contribution in [2.24, 2.45) is 45.9 Å². The Morgan fingerprint density at radius 2 is 1.18 bits per heavy atom. The summed E-state index contributed by atoms with van der Waals surface area (Å²) in [6, 6.07) is 32.8. The molecule has 5 heterocycles. The van der Waals surface area contributed by atoms with Gasteiger partial charge < -0.3 is 29.2 Å². The van der Waals surface area contributed by atoms with Crippen LogP contribution in [0, 0.1) is 64.4 Å². The minimum absolute atomic E-state index is 0.00575. The molecule has 5 aromatic carbocycles. The van der Waals surface area contributed by atoms with Gasteiger partial charge in [-0.3, -0.25) is 43.3 Å². The van der Waals surface area contributed by atoms with Crippen LogP contribution in [0.3, 0.4) is 0 Å². The number of carbonyl (C=O) groups is 7. The number of ether oxygens (including phenoxy) is 1. The number of rotatable bonds is 20. The fourth-order valence-electron chi connectivity index (χ4n) is 23.3. The molecule has 4 saturated carbocycles. The number of nitrogens with zero attached hydrogens (tertiary/aromatic N) is 7. The van der Waals surface area contributed by atoms with E-state index in [9.17, 15) is 38.4 Å². The number of fused-ring (bicyclic) bond motifs is 9. The highest BCUT2D eigenvalue weighted by Gasteiger charge is 2.79. The van der Waals surface area contributed by atoms with Gasteiger partial charge in [0.05, 0.1) is 22.2 Å². The zero-order chi connectivity index (χ0) is 81.7. The largest absolute Gasteiger partial charge is 0.375 e. The number of ketones is 3. The summed E-state index contributed by atoms with van der Waals surface area (Å²) in [6.45, 7) is 11.1. The van der Waals surface area contributed by atoms with Gasteiger partial charge in [-0.2, -0.15) is 5.10 Å². The summed E-state index contributed by atoms with van der Waals surface area (Å²) >= 11 is 0. The van der Waals surface area contributed by atoms with Crippen molar-refractivity contribution in [3.05, 3.63) is 221 Å². The first-order valence-electron chi connectivity index (χ1n) is 43.9. The van der Waals surface area contributed by atoms with Gasteiger partial charge in [-0.1, -0.05) is 117 Å². The Bertz CT molecular complexity index is 5320. The van der Waals surface area contributed by atoms with E-state index in [1.54, 1.807) is 63.4 Å². The number of anilines is 1. The predicted octanol–water partition coefficient (Wildman–Crippen LogP) is 16.4. The van der Waals surface area contributed by atoms with Gasteiger partial charge >= 0.3 is 0 Å². The number of hydrogen-bond donors (Lipinski definition) is 1. The van der Waals surface area contributed by atoms with Crippen molar-refractivity contribution < 1.29 is 47.1 Å². The van der Waals surface area contributed by atoms with E-state index >= 15 is 8.78 Å². The number of benzene rings is 5. The van der Waals surface area contributed by atoms with Crippen LogP contribution in [0.1, 0.15) is 233 Å². The predicted molar refractivity (Wildman–Crippen MR) is 452 cm³/mol. The van der Waals surface area contributed by atoms with E-state index in [0.29, 0.717) is 142 Å². The highest BCUT2D eigenvalue weighted by Crippen LogP contribution is 2.73. The van der Waals surface area contributed by atoms with E-state index in [2.05, 4.69) is 77.1 Å². The first kappa shape index (κ1) is 80.4. The lowest BCUT2D eigenvalue weighted by Crippen LogP contribution is -2.50. The minimum atomic E-state index is -0.580.